The van der Waals surface area contributed by atoms with E-state index in [1.165, 1.54) is 18.0 Å². The summed E-state index contributed by atoms with van der Waals surface area (Å²) in [6.07, 6.45) is 0.853. The van der Waals surface area contributed by atoms with Gasteiger partial charge in [-0.3, -0.25) is 4.72 Å². The molecule has 1 atom stereocenters. The zero-order valence-electron chi connectivity index (χ0n) is 16.9. The molecule has 1 aromatic rings. The van der Waals surface area contributed by atoms with Gasteiger partial charge in [-0.2, -0.15) is 0 Å². The van der Waals surface area contributed by atoms with Gasteiger partial charge in [0.05, 0.1) is 34.5 Å². The third-order valence-corrected chi connectivity index (χ3v) is 6.11. The number of hydrogen-bond acceptors (Lipinski definition) is 5. The van der Waals surface area contributed by atoms with Crippen LogP contribution in [0.25, 0.3) is 0 Å². The molecule has 0 bridgehead atoms. The number of carbonyl (C=O) groups is 1. The molecule has 7 nitrogen and oxygen atoms in total. The number of carbonyl (C=O) groups excluding carboxylic acids is 1. The van der Waals surface area contributed by atoms with Crippen LogP contribution in [-0.2, 0) is 19.5 Å². The molecular weight excluding hydrogens is 439 g/mol. The summed E-state index contributed by atoms with van der Waals surface area (Å²) in [6, 6.07) is 5.09. The van der Waals surface area contributed by atoms with Crippen LogP contribution < -0.4 is 4.72 Å². The van der Waals surface area contributed by atoms with Crippen LogP contribution in [0.4, 0.5) is 4.79 Å². The van der Waals surface area contributed by atoms with Crippen molar-refractivity contribution in [2.45, 2.75) is 39.2 Å². The topological polar surface area (TPSA) is 84.9 Å². The third-order valence-electron chi connectivity index (χ3n) is 4.13. The molecule has 0 unspecified atom stereocenters. The number of amides is 1. The van der Waals surface area contributed by atoms with Crippen LogP contribution in [0.1, 0.15) is 39.2 Å². The molecule has 1 aromatic carbocycles. The summed E-state index contributed by atoms with van der Waals surface area (Å²) >= 11 is 12.2. The second-order valence-electron chi connectivity index (χ2n) is 7.57. The largest absolute Gasteiger partial charge is 0.494 e. The summed E-state index contributed by atoms with van der Waals surface area (Å²) in [5, 5.41) is 0.747. The first-order valence-corrected chi connectivity index (χ1v) is 11.6. The van der Waals surface area contributed by atoms with E-state index in [1.54, 1.807) is 39.0 Å². The van der Waals surface area contributed by atoms with E-state index in [0.717, 1.165) is 5.56 Å². The van der Waals surface area contributed by atoms with Crippen LogP contribution in [0.3, 0.4) is 0 Å². The van der Waals surface area contributed by atoms with Crippen LogP contribution in [0, 0.1) is 0 Å². The Bertz CT molecular complexity index is 881. The standard InChI is InChI=1S/C19H26Cl2N2O5S/c1-5-29(25,26)22-11-17-14(13-6-7-15(20)16(21)10-13)12-23(8-9-27-17)18(24)28-19(2,3)4/h6-7,10-11,14,22H,5,8-9,12H2,1-4H3/t14-/m0/s1. The van der Waals surface area contributed by atoms with Gasteiger partial charge in [-0.25, -0.2) is 13.2 Å². The summed E-state index contributed by atoms with van der Waals surface area (Å²) in [5.74, 6) is -0.149. The monoisotopic (exact) mass is 464 g/mol. The predicted octanol–water partition coefficient (Wildman–Crippen LogP) is 4.13. The van der Waals surface area contributed by atoms with Crippen molar-refractivity contribution in [2.24, 2.45) is 0 Å². The lowest BCUT2D eigenvalue weighted by molar-refractivity contribution is 0.0242. The van der Waals surface area contributed by atoms with Crippen LogP contribution in [0.15, 0.2) is 30.2 Å². The third kappa shape index (κ3) is 6.97. The predicted molar refractivity (Wildman–Crippen MR) is 114 cm³/mol. The van der Waals surface area contributed by atoms with E-state index < -0.39 is 27.6 Å². The van der Waals surface area contributed by atoms with Crippen LogP contribution >= 0.6 is 23.2 Å². The van der Waals surface area contributed by atoms with Gasteiger partial charge in [-0.1, -0.05) is 29.3 Å². The maximum Gasteiger partial charge on any atom is 0.410 e. The smallest absolute Gasteiger partial charge is 0.410 e. The van der Waals surface area contributed by atoms with Crippen LogP contribution in [0.5, 0.6) is 0 Å². The number of nitrogens with one attached hydrogen (secondary N) is 1. The van der Waals surface area contributed by atoms with Gasteiger partial charge in [0.2, 0.25) is 10.0 Å². The first-order valence-electron chi connectivity index (χ1n) is 9.17. The Hall–Kier alpha value is -1.64. The highest BCUT2D eigenvalue weighted by Crippen LogP contribution is 2.33. The summed E-state index contributed by atoms with van der Waals surface area (Å²) in [4.78, 5) is 14.1. The summed E-state index contributed by atoms with van der Waals surface area (Å²) in [5.41, 5.74) is 0.0930. The minimum absolute atomic E-state index is 0.0712. The van der Waals surface area contributed by atoms with Crippen molar-refractivity contribution in [1.29, 1.82) is 0 Å². The van der Waals surface area contributed by atoms with E-state index in [1.807, 2.05) is 0 Å². The lowest BCUT2D eigenvalue weighted by Crippen LogP contribution is -2.39. The number of sulfonamides is 1. The lowest BCUT2D eigenvalue weighted by atomic mass is 9.96. The van der Waals surface area contributed by atoms with E-state index in [0.29, 0.717) is 22.3 Å². The minimum atomic E-state index is -3.46. The lowest BCUT2D eigenvalue weighted by Gasteiger charge is -2.28. The molecule has 162 valence electrons. The molecule has 1 aliphatic heterocycles. The average Bonchev–Trinajstić information content (AvgIpc) is 2.84. The summed E-state index contributed by atoms with van der Waals surface area (Å²) < 4.78 is 37.4. The van der Waals surface area contributed by atoms with Crippen molar-refractivity contribution in [1.82, 2.24) is 9.62 Å². The van der Waals surface area contributed by atoms with Gasteiger partial charge in [0, 0.05) is 6.54 Å². The van der Waals surface area contributed by atoms with Gasteiger partial charge in [-0.05, 0) is 45.4 Å². The molecule has 0 aliphatic carbocycles. The van der Waals surface area contributed by atoms with Crippen molar-refractivity contribution >= 4 is 39.3 Å². The fraction of sp³-hybridized carbons (Fsp3) is 0.526. The molecule has 0 spiro atoms. The van der Waals surface area contributed by atoms with E-state index >= 15 is 0 Å². The van der Waals surface area contributed by atoms with Gasteiger partial charge < -0.3 is 14.4 Å². The number of benzene rings is 1. The van der Waals surface area contributed by atoms with Crippen molar-refractivity contribution < 1.29 is 22.7 Å². The second kappa shape index (κ2) is 9.45. The first-order chi connectivity index (χ1) is 13.4. The van der Waals surface area contributed by atoms with Crippen molar-refractivity contribution in [3.8, 4) is 0 Å². The Labute approximate surface area is 182 Å². The fourth-order valence-corrected chi connectivity index (χ4v) is 3.41. The number of halogens is 2. The van der Waals surface area contributed by atoms with Crippen LogP contribution in [-0.4, -0.2) is 50.5 Å². The summed E-state index contributed by atoms with van der Waals surface area (Å²) in [7, 11) is -3.46. The highest BCUT2D eigenvalue weighted by atomic mass is 35.5. The highest BCUT2D eigenvalue weighted by molar-refractivity contribution is 7.89. The van der Waals surface area contributed by atoms with Gasteiger partial charge in [-0.15, -0.1) is 0 Å². The Morgan fingerprint density at radius 3 is 2.62 bits per heavy atom. The molecule has 29 heavy (non-hydrogen) atoms. The van der Waals surface area contributed by atoms with E-state index in [4.69, 9.17) is 32.7 Å². The van der Waals surface area contributed by atoms with Gasteiger partial charge >= 0.3 is 6.09 Å². The molecule has 1 heterocycles. The highest BCUT2D eigenvalue weighted by Gasteiger charge is 2.31. The zero-order chi connectivity index (χ0) is 21.8. The fourth-order valence-electron chi connectivity index (χ4n) is 2.64. The number of hydrogen-bond donors (Lipinski definition) is 1. The zero-order valence-corrected chi connectivity index (χ0v) is 19.2. The number of rotatable bonds is 4. The van der Waals surface area contributed by atoms with Gasteiger partial charge in [0.25, 0.3) is 0 Å². The van der Waals surface area contributed by atoms with Gasteiger partial charge in [0.15, 0.2) is 0 Å². The quantitative estimate of drug-likeness (QED) is 0.723. The second-order valence-corrected chi connectivity index (χ2v) is 10.4. The molecule has 0 radical (unpaired) electrons. The SMILES string of the molecule is CCS(=O)(=O)NC=C1OCCN(C(=O)OC(C)(C)C)C[C@H]1c1ccc(Cl)c(Cl)c1. The Morgan fingerprint density at radius 1 is 1.34 bits per heavy atom. The first kappa shape index (κ1) is 23.6. The molecule has 0 saturated carbocycles. The average molecular weight is 465 g/mol. The van der Waals surface area contributed by atoms with E-state index in [-0.39, 0.29) is 18.9 Å². The molecule has 1 saturated heterocycles. The van der Waals surface area contributed by atoms with Gasteiger partial charge in [0.1, 0.15) is 18.0 Å². The normalized spacial score (nSPS) is 19.4. The molecular formula is C19H26Cl2N2O5S. The van der Waals surface area contributed by atoms with Crippen molar-refractivity contribution in [3.63, 3.8) is 0 Å². The molecule has 1 amide bonds. The molecule has 2 rings (SSSR count). The number of nitrogens with zero attached hydrogens (tertiary/aromatic N) is 1. The van der Waals surface area contributed by atoms with E-state index in [9.17, 15) is 13.2 Å². The van der Waals surface area contributed by atoms with E-state index in [2.05, 4.69) is 4.72 Å². The Morgan fingerprint density at radius 2 is 2.03 bits per heavy atom. The molecule has 1 aliphatic rings. The maximum absolute atomic E-state index is 12.6. The van der Waals surface area contributed by atoms with Crippen LogP contribution in [0.2, 0.25) is 10.0 Å². The maximum atomic E-state index is 12.6. The van der Waals surface area contributed by atoms with Crippen molar-refractivity contribution in [3.05, 3.63) is 45.8 Å². The van der Waals surface area contributed by atoms with Crippen molar-refractivity contribution in [2.75, 3.05) is 25.4 Å². The Balaban J connectivity index is 2.39. The number of ether oxygens (including phenoxy) is 2. The minimum Gasteiger partial charge on any atom is -0.494 e. The summed E-state index contributed by atoms with van der Waals surface area (Å²) in [6.45, 7) is 7.63. The molecule has 10 heteroatoms. The molecule has 0 aromatic heterocycles. The Kier molecular flexibility index (Phi) is 7.70. The molecule has 1 fully saturated rings. The molecule has 1 N–H and O–H groups in total.